The van der Waals surface area contributed by atoms with Gasteiger partial charge in [0.05, 0.1) is 0 Å². The van der Waals surface area contributed by atoms with Gasteiger partial charge in [0.1, 0.15) is 0 Å². The van der Waals surface area contributed by atoms with Crippen LogP contribution in [0.5, 0.6) is 0 Å². The Bertz CT molecular complexity index is 223. The van der Waals surface area contributed by atoms with E-state index in [0.29, 0.717) is 0 Å². The molecule has 1 rings (SSSR count). The van der Waals surface area contributed by atoms with Gasteiger partial charge in [-0.05, 0) is 30.4 Å². The van der Waals surface area contributed by atoms with Gasteiger partial charge >= 0.3 is 0 Å². The highest BCUT2D eigenvalue weighted by Gasteiger charge is 2.00. The summed E-state index contributed by atoms with van der Waals surface area (Å²) >= 11 is 1.68. The fraction of sp³-hybridized carbons (Fsp3) is 0.833. The number of thioether (sulfide) groups is 1. The van der Waals surface area contributed by atoms with E-state index in [-0.39, 0.29) is 0 Å². The first-order valence-corrected chi connectivity index (χ1v) is 4.83. The fourth-order valence-corrected chi connectivity index (χ4v) is 1.54. The van der Waals surface area contributed by atoms with Crippen molar-refractivity contribution in [2.24, 2.45) is 7.05 Å². The van der Waals surface area contributed by atoms with Gasteiger partial charge in [-0.15, -0.1) is 5.10 Å². The second kappa shape index (κ2) is 5.10. The van der Waals surface area contributed by atoms with Crippen molar-refractivity contribution in [3.05, 3.63) is 0 Å². The van der Waals surface area contributed by atoms with Crippen LogP contribution in [0, 0.1) is 0 Å². The van der Waals surface area contributed by atoms with Gasteiger partial charge in [-0.3, -0.25) is 0 Å². The number of nitrogens with zero attached hydrogens (tertiary/aromatic N) is 4. The van der Waals surface area contributed by atoms with Crippen LogP contribution in [0.15, 0.2) is 5.16 Å². The molecule has 0 unspecified atom stereocenters. The summed E-state index contributed by atoms with van der Waals surface area (Å²) in [5.74, 6) is 1.05. The average Bonchev–Trinajstić information content (AvgIpc) is 2.46. The zero-order valence-corrected chi connectivity index (χ0v) is 8.13. The molecule has 0 atom stereocenters. The highest BCUT2D eigenvalue weighted by Crippen LogP contribution is 2.12. The molecule has 0 radical (unpaired) electrons. The van der Waals surface area contributed by atoms with E-state index in [2.05, 4.69) is 20.8 Å². The monoisotopic (exact) mass is 187 g/mol. The van der Waals surface area contributed by atoms with Gasteiger partial charge < -0.3 is 5.32 Å². The van der Waals surface area contributed by atoms with Gasteiger partial charge in [-0.25, -0.2) is 4.68 Å². The maximum absolute atomic E-state index is 3.86. The molecule has 12 heavy (non-hydrogen) atoms. The Morgan fingerprint density at radius 2 is 2.42 bits per heavy atom. The molecule has 68 valence electrons. The number of aryl methyl sites for hydroxylation is 1. The standard InChI is InChI=1S/C6H13N5S/c1-7-4-3-5-12-6-8-9-10-11(6)2/h7H,3-5H2,1-2H3. The Hall–Kier alpha value is -0.620. The number of rotatable bonds is 5. The maximum atomic E-state index is 3.86. The summed E-state index contributed by atoms with van der Waals surface area (Å²) in [6, 6.07) is 0. The molecule has 0 aliphatic rings. The van der Waals surface area contributed by atoms with Crippen molar-refractivity contribution >= 4 is 11.8 Å². The highest BCUT2D eigenvalue weighted by molar-refractivity contribution is 7.99. The molecule has 0 saturated carbocycles. The lowest BCUT2D eigenvalue weighted by Gasteiger charge is -1.98. The molecule has 0 saturated heterocycles. The van der Waals surface area contributed by atoms with Crippen molar-refractivity contribution in [2.45, 2.75) is 11.6 Å². The first kappa shape index (κ1) is 9.47. The SMILES string of the molecule is CNCCCSc1nnnn1C. The third-order valence-electron chi connectivity index (χ3n) is 1.38. The van der Waals surface area contributed by atoms with E-state index in [1.54, 1.807) is 16.4 Å². The Morgan fingerprint density at radius 1 is 1.58 bits per heavy atom. The van der Waals surface area contributed by atoms with Crippen LogP contribution in [-0.2, 0) is 7.05 Å². The van der Waals surface area contributed by atoms with Crippen molar-refractivity contribution in [2.75, 3.05) is 19.3 Å². The van der Waals surface area contributed by atoms with Crippen LogP contribution in [0.3, 0.4) is 0 Å². The van der Waals surface area contributed by atoms with Crippen LogP contribution in [0.25, 0.3) is 0 Å². The summed E-state index contributed by atoms with van der Waals surface area (Å²) in [6.45, 7) is 1.04. The highest BCUT2D eigenvalue weighted by atomic mass is 32.2. The molecule has 0 amide bonds. The van der Waals surface area contributed by atoms with E-state index in [1.165, 1.54) is 0 Å². The second-order valence-electron chi connectivity index (χ2n) is 2.39. The number of hydrogen-bond donors (Lipinski definition) is 1. The number of nitrogens with one attached hydrogen (secondary N) is 1. The predicted molar refractivity (Wildman–Crippen MR) is 48.1 cm³/mol. The smallest absolute Gasteiger partial charge is 0.209 e. The van der Waals surface area contributed by atoms with E-state index in [9.17, 15) is 0 Å². The molecular formula is C6H13N5S. The van der Waals surface area contributed by atoms with Gasteiger partial charge in [0.2, 0.25) is 5.16 Å². The Morgan fingerprint density at radius 3 is 3.00 bits per heavy atom. The predicted octanol–water partition coefficient (Wildman–Crippen LogP) is -0.0883. The normalized spacial score (nSPS) is 10.5. The summed E-state index contributed by atoms with van der Waals surface area (Å²) in [6.07, 6.45) is 1.13. The largest absolute Gasteiger partial charge is 0.320 e. The van der Waals surface area contributed by atoms with Crippen LogP contribution in [0.2, 0.25) is 0 Å². The van der Waals surface area contributed by atoms with Gasteiger partial charge in [0.15, 0.2) is 0 Å². The molecule has 6 heteroatoms. The van der Waals surface area contributed by atoms with Gasteiger partial charge in [-0.1, -0.05) is 11.8 Å². The first-order valence-electron chi connectivity index (χ1n) is 3.84. The summed E-state index contributed by atoms with van der Waals surface area (Å²) in [7, 11) is 3.80. The van der Waals surface area contributed by atoms with Gasteiger partial charge in [0.25, 0.3) is 0 Å². The number of hydrogen-bond acceptors (Lipinski definition) is 5. The van der Waals surface area contributed by atoms with Crippen LogP contribution in [0.4, 0.5) is 0 Å². The molecule has 0 bridgehead atoms. The minimum atomic E-state index is 0.881. The lowest BCUT2D eigenvalue weighted by Crippen LogP contribution is -2.08. The Balaban J connectivity index is 2.20. The minimum Gasteiger partial charge on any atom is -0.320 e. The Kier molecular flexibility index (Phi) is 4.02. The van der Waals surface area contributed by atoms with E-state index in [4.69, 9.17) is 0 Å². The lowest BCUT2D eigenvalue weighted by atomic mass is 10.5. The lowest BCUT2D eigenvalue weighted by molar-refractivity contribution is 0.664. The molecule has 0 aromatic carbocycles. The fourth-order valence-electron chi connectivity index (χ4n) is 0.756. The van der Waals surface area contributed by atoms with Crippen LogP contribution >= 0.6 is 11.8 Å². The first-order chi connectivity index (χ1) is 5.84. The second-order valence-corrected chi connectivity index (χ2v) is 3.45. The van der Waals surface area contributed by atoms with Crippen molar-refractivity contribution in [3.8, 4) is 0 Å². The molecule has 5 nitrogen and oxygen atoms in total. The van der Waals surface area contributed by atoms with E-state index in [0.717, 1.165) is 23.9 Å². The molecule has 0 aliphatic carbocycles. The number of aromatic nitrogens is 4. The topological polar surface area (TPSA) is 55.6 Å². The van der Waals surface area contributed by atoms with Crippen molar-refractivity contribution in [1.29, 1.82) is 0 Å². The molecule has 1 aromatic rings. The molecular weight excluding hydrogens is 174 g/mol. The molecule has 1 heterocycles. The molecule has 0 fully saturated rings. The summed E-state index contributed by atoms with van der Waals surface area (Å²) in [5.41, 5.74) is 0. The van der Waals surface area contributed by atoms with Crippen LogP contribution in [-0.4, -0.2) is 39.6 Å². The zero-order valence-electron chi connectivity index (χ0n) is 7.32. The summed E-state index contributed by atoms with van der Waals surface area (Å²) in [5, 5.41) is 15.1. The molecule has 1 N–H and O–H groups in total. The summed E-state index contributed by atoms with van der Waals surface area (Å²) in [4.78, 5) is 0. The molecule has 1 aromatic heterocycles. The van der Waals surface area contributed by atoms with E-state index in [1.807, 2.05) is 14.1 Å². The van der Waals surface area contributed by atoms with Crippen LogP contribution < -0.4 is 5.32 Å². The maximum Gasteiger partial charge on any atom is 0.209 e. The molecule has 0 aliphatic heterocycles. The number of tetrazole rings is 1. The summed E-state index contributed by atoms with van der Waals surface area (Å²) < 4.78 is 1.68. The average molecular weight is 187 g/mol. The third kappa shape index (κ3) is 2.78. The van der Waals surface area contributed by atoms with Gasteiger partial charge in [0, 0.05) is 12.8 Å². The minimum absolute atomic E-state index is 0.881. The van der Waals surface area contributed by atoms with E-state index >= 15 is 0 Å². The van der Waals surface area contributed by atoms with Crippen molar-refractivity contribution in [3.63, 3.8) is 0 Å². The third-order valence-corrected chi connectivity index (χ3v) is 2.48. The van der Waals surface area contributed by atoms with Crippen molar-refractivity contribution in [1.82, 2.24) is 25.5 Å². The quantitative estimate of drug-likeness (QED) is 0.516. The van der Waals surface area contributed by atoms with E-state index < -0.39 is 0 Å². The Labute approximate surface area is 75.9 Å². The van der Waals surface area contributed by atoms with Crippen molar-refractivity contribution < 1.29 is 0 Å². The van der Waals surface area contributed by atoms with Gasteiger partial charge in [-0.2, -0.15) is 0 Å². The zero-order chi connectivity index (χ0) is 8.81. The van der Waals surface area contributed by atoms with Crippen LogP contribution in [0.1, 0.15) is 6.42 Å². The molecule has 0 spiro atoms.